The number of anilines is 1. The van der Waals surface area contributed by atoms with Crippen LogP contribution in [0.15, 0.2) is 48.5 Å². The summed E-state index contributed by atoms with van der Waals surface area (Å²) in [5, 5.41) is 0. The van der Waals surface area contributed by atoms with Crippen LogP contribution in [-0.4, -0.2) is 36.1 Å². The summed E-state index contributed by atoms with van der Waals surface area (Å²) in [5.41, 5.74) is 10.1. The normalized spacial score (nSPS) is 12.9. The first kappa shape index (κ1) is 24.9. The molecule has 0 saturated heterocycles. The molecule has 1 N–H and O–H groups in total. The van der Waals surface area contributed by atoms with E-state index in [-0.39, 0.29) is 5.91 Å². The molecular formula is C29H36N4O2. The van der Waals surface area contributed by atoms with E-state index in [1.54, 1.807) is 0 Å². The van der Waals surface area contributed by atoms with Crippen molar-refractivity contribution < 1.29 is 9.63 Å². The number of hydroxylamine groups is 1. The molecule has 0 aliphatic carbocycles. The van der Waals surface area contributed by atoms with Crippen molar-refractivity contribution in [3.8, 4) is 22.5 Å². The van der Waals surface area contributed by atoms with E-state index in [9.17, 15) is 4.79 Å². The molecule has 184 valence electrons. The largest absolute Gasteiger partial charge is 0.355 e. The number of fused-ring (bicyclic) bond motifs is 1. The highest BCUT2D eigenvalue weighted by atomic mass is 16.6. The lowest BCUT2D eigenvalue weighted by Gasteiger charge is -2.30. The highest BCUT2D eigenvalue weighted by Crippen LogP contribution is 2.35. The number of hydrogen-bond acceptors (Lipinski definition) is 5. The van der Waals surface area contributed by atoms with Crippen molar-refractivity contribution in [3.63, 3.8) is 0 Å². The molecule has 0 saturated carbocycles. The number of rotatable bonds is 10. The highest BCUT2D eigenvalue weighted by Gasteiger charge is 2.23. The van der Waals surface area contributed by atoms with E-state index in [1.807, 2.05) is 0 Å². The van der Waals surface area contributed by atoms with E-state index < -0.39 is 0 Å². The first-order valence-electron chi connectivity index (χ1n) is 12.7. The van der Waals surface area contributed by atoms with Gasteiger partial charge in [0.1, 0.15) is 0 Å². The van der Waals surface area contributed by atoms with Crippen LogP contribution in [0.5, 0.6) is 0 Å². The maximum absolute atomic E-state index is 11.5. The number of aromatic nitrogens is 2. The zero-order valence-electron chi connectivity index (χ0n) is 21.1. The highest BCUT2D eigenvalue weighted by molar-refractivity contribution is 5.80. The maximum Gasteiger partial charge on any atom is 0.243 e. The summed E-state index contributed by atoms with van der Waals surface area (Å²) in [7, 11) is 1.46. The Labute approximate surface area is 208 Å². The second kappa shape index (κ2) is 11.9. The lowest BCUT2D eigenvalue weighted by Crippen LogP contribution is -2.32. The number of carbonyl (C=O) groups excluding carboxylic acids is 1. The number of benzene rings is 2. The standard InChI is InChI=1S/C29H36N4O2/c1-21-11-15-23(16-12-21)27-28(24-17-13-22(2)14-18-24)31-29-25(30-27)9-8-20-33(29)19-7-5-4-6-10-26(34)32-35-3/h11-18H,4-10,19-20H2,1-3H3,(H,32,34). The van der Waals surface area contributed by atoms with Gasteiger partial charge in [0, 0.05) is 30.6 Å². The van der Waals surface area contributed by atoms with Gasteiger partial charge in [0.2, 0.25) is 5.91 Å². The quantitative estimate of drug-likeness (QED) is 0.298. The molecule has 0 spiro atoms. The predicted molar refractivity (Wildman–Crippen MR) is 141 cm³/mol. The van der Waals surface area contributed by atoms with Crippen LogP contribution < -0.4 is 10.4 Å². The molecule has 6 heteroatoms. The minimum atomic E-state index is -0.0549. The van der Waals surface area contributed by atoms with Gasteiger partial charge in [-0.1, -0.05) is 72.5 Å². The molecule has 1 aliphatic rings. The Morgan fingerprint density at radius 2 is 1.49 bits per heavy atom. The summed E-state index contributed by atoms with van der Waals surface area (Å²) >= 11 is 0. The Balaban J connectivity index is 1.53. The van der Waals surface area contributed by atoms with E-state index >= 15 is 0 Å². The monoisotopic (exact) mass is 472 g/mol. The zero-order chi connectivity index (χ0) is 24.6. The second-order valence-corrected chi connectivity index (χ2v) is 9.41. The van der Waals surface area contributed by atoms with Crippen molar-refractivity contribution in [2.24, 2.45) is 0 Å². The van der Waals surface area contributed by atoms with Crippen molar-refractivity contribution in [3.05, 3.63) is 65.4 Å². The lowest BCUT2D eigenvalue weighted by molar-refractivity contribution is -0.131. The number of hydrogen-bond donors (Lipinski definition) is 1. The SMILES string of the molecule is CONC(=O)CCCCCCN1CCCc2nc(-c3ccc(C)cc3)c(-c3ccc(C)cc3)nc21. The number of carbonyl (C=O) groups is 1. The Bertz CT molecular complexity index is 1130. The van der Waals surface area contributed by atoms with Crippen LogP contribution >= 0.6 is 0 Å². The van der Waals surface area contributed by atoms with Gasteiger partial charge in [-0.05, 0) is 39.5 Å². The predicted octanol–water partition coefficient (Wildman–Crippen LogP) is 5.81. The number of unbranched alkanes of at least 4 members (excludes halogenated alkanes) is 3. The molecular weight excluding hydrogens is 436 g/mol. The van der Waals surface area contributed by atoms with Crippen LogP contribution in [0.1, 0.15) is 55.3 Å². The van der Waals surface area contributed by atoms with Gasteiger partial charge in [-0.25, -0.2) is 15.4 Å². The van der Waals surface area contributed by atoms with Crippen LogP contribution in [0.3, 0.4) is 0 Å². The van der Waals surface area contributed by atoms with Crippen LogP contribution in [-0.2, 0) is 16.1 Å². The number of nitrogens with zero attached hydrogens (tertiary/aromatic N) is 3. The fourth-order valence-electron chi connectivity index (χ4n) is 4.58. The molecule has 6 nitrogen and oxygen atoms in total. The van der Waals surface area contributed by atoms with Gasteiger partial charge in [-0.2, -0.15) is 0 Å². The third-order valence-corrected chi connectivity index (χ3v) is 6.54. The molecule has 35 heavy (non-hydrogen) atoms. The number of aryl methyl sites for hydroxylation is 3. The molecule has 1 amide bonds. The van der Waals surface area contributed by atoms with E-state index in [2.05, 4.69) is 77.6 Å². The topological polar surface area (TPSA) is 67.3 Å². The molecule has 0 radical (unpaired) electrons. The first-order valence-corrected chi connectivity index (χ1v) is 12.7. The summed E-state index contributed by atoms with van der Waals surface area (Å²) in [6.07, 6.45) is 6.63. The Morgan fingerprint density at radius 1 is 0.886 bits per heavy atom. The van der Waals surface area contributed by atoms with Gasteiger partial charge in [0.15, 0.2) is 5.82 Å². The summed E-state index contributed by atoms with van der Waals surface area (Å²) in [4.78, 5) is 29.0. The van der Waals surface area contributed by atoms with Crippen LogP contribution in [0.4, 0.5) is 5.82 Å². The minimum absolute atomic E-state index is 0.0549. The molecule has 0 bridgehead atoms. The van der Waals surface area contributed by atoms with Gasteiger partial charge in [-0.3, -0.25) is 9.63 Å². The average Bonchev–Trinajstić information content (AvgIpc) is 2.86. The van der Waals surface area contributed by atoms with Crippen LogP contribution in [0.25, 0.3) is 22.5 Å². The van der Waals surface area contributed by atoms with E-state index in [0.29, 0.717) is 6.42 Å². The molecule has 0 fully saturated rings. The van der Waals surface area contributed by atoms with E-state index in [4.69, 9.17) is 9.97 Å². The zero-order valence-corrected chi connectivity index (χ0v) is 21.1. The molecule has 0 atom stereocenters. The van der Waals surface area contributed by atoms with Gasteiger partial charge in [-0.15, -0.1) is 0 Å². The van der Waals surface area contributed by atoms with Gasteiger partial charge in [0.25, 0.3) is 0 Å². The Hall–Kier alpha value is -3.25. The summed E-state index contributed by atoms with van der Waals surface area (Å²) in [6, 6.07) is 17.2. The maximum atomic E-state index is 11.5. The summed E-state index contributed by atoms with van der Waals surface area (Å²) in [6.45, 7) is 6.18. The summed E-state index contributed by atoms with van der Waals surface area (Å²) in [5.74, 6) is 0.975. The molecule has 0 unspecified atom stereocenters. The van der Waals surface area contributed by atoms with Crippen molar-refractivity contribution in [1.29, 1.82) is 0 Å². The van der Waals surface area contributed by atoms with Crippen molar-refractivity contribution >= 4 is 11.7 Å². The lowest BCUT2D eigenvalue weighted by atomic mass is 10.0. The van der Waals surface area contributed by atoms with Crippen molar-refractivity contribution in [2.75, 3.05) is 25.1 Å². The molecule has 4 rings (SSSR count). The molecule has 1 aliphatic heterocycles. The van der Waals surface area contributed by atoms with Gasteiger partial charge < -0.3 is 4.90 Å². The first-order chi connectivity index (χ1) is 17.0. The summed E-state index contributed by atoms with van der Waals surface area (Å²) < 4.78 is 0. The third kappa shape index (κ3) is 6.45. The third-order valence-electron chi connectivity index (χ3n) is 6.54. The second-order valence-electron chi connectivity index (χ2n) is 9.41. The fraction of sp³-hybridized carbons (Fsp3) is 0.414. The van der Waals surface area contributed by atoms with Crippen molar-refractivity contribution in [2.45, 2.75) is 58.8 Å². The molecule has 1 aromatic heterocycles. The number of amides is 1. The average molecular weight is 473 g/mol. The van der Waals surface area contributed by atoms with Gasteiger partial charge >= 0.3 is 0 Å². The van der Waals surface area contributed by atoms with Crippen LogP contribution in [0.2, 0.25) is 0 Å². The Morgan fingerprint density at radius 3 is 2.11 bits per heavy atom. The smallest absolute Gasteiger partial charge is 0.243 e. The molecule has 3 aromatic rings. The minimum Gasteiger partial charge on any atom is -0.355 e. The van der Waals surface area contributed by atoms with E-state index in [1.165, 1.54) is 18.2 Å². The van der Waals surface area contributed by atoms with Crippen molar-refractivity contribution in [1.82, 2.24) is 15.4 Å². The van der Waals surface area contributed by atoms with Gasteiger partial charge in [0.05, 0.1) is 24.2 Å². The molecule has 2 heterocycles. The van der Waals surface area contributed by atoms with Crippen LogP contribution in [0, 0.1) is 13.8 Å². The fourth-order valence-corrected chi connectivity index (χ4v) is 4.58. The van der Waals surface area contributed by atoms with E-state index in [0.717, 1.165) is 85.6 Å². The molecule has 2 aromatic carbocycles. The Kier molecular flexibility index (Phi) is 8.48. The number of nitrogens with one attached hydrogen (secondary N) is 1.